The minimum absolute atomic E-state index is 0.709. The second-order valence-electron chi connectivity index (χ2n) is 3.26. The Hall–Kier alpha value is -1.29. The monoisotopic (exact) mass is 195 g/mol. The molecule has 1 rings (SSSR count). The summed E-state index contributed by atoms with van der Waals surface area (Å²) in [5.74, 6) is 0. The molecule has 0 fully saturated rings. The predicted octanol–water partition coefficient (Wildman–Crippen LogP) is 0.0551. The van der Waals surface area contributed by atoms with E-state index in [0.29, 0.717) is 6.54 Å². The van der Waals surface area contributed by atoms with E-state index in [2.05, 4.69) is 10.6 Å². The molecule has 4 heteroatoms. The van der Waals surface area contributed by atoms with Crippen LogP contribution in [0.25, 0.3) is 0 Å². The Kier molecular flexibility index (Phi) is 4.19. The average molecular weight is 195 g/mol. The van der Waals surface area contributed by atoms with E-state index in [-0.39, 0.29) is 0 Å². The van der Waals surface area contributed by atoms with Gasteiger partial charge in [0.2, 0.25) is 6.41 Å². The van der Waals surface area contributed by atoms with Crippen LogP contribution in [0.15, 0.2) is 23.5 Å². The van der Waals surface area contributed by atoms with Gasteiger partial charge in [-0.2, -0.15) is 0 Å². The zero-order valence-electron chi connectivity index (χ0n) is 8.71. The van der Waals surface area contributed by atoms with Gasteiger partial charge in [-0.3, -0.25) is 4.79 Å². The van der Waals surface area contributed by atoms with Gasteiger partial charge in [0.05, 0.1) is 6.54 Å². The van der Waals surface area contributed by atoms with Gasteiger partial charge in [0.25, 0.3) is 0 Å². The van der Waals surface area contributed by atoms with Crippen LogP contribution >= 0.6 is 0 Å². The first-order chi connectivity index (χ1) is 6.77. The number of amides is 1. The zero-order chi connectivity index (χ0) is 10.4. The van der Waals surface area contributed by atoms with E-state index in [1.54, 1.807) is 4.90 Å². The molecule has 0 radical (unpaired) electrons. The van der Waals surface area contributed by atoms with Crippen LogP contribution < -0.4 is 10.6 Å². The summed E-state index contributed by atoms with van der Waals surface area (Å²) < 4.78 is 0. The van der Waals surface area contributed by atoms with Crippen molar-refractivity contribution in [3.63, 3.8) is 0 Å². The van der Waals surface area contributed by atoms with Crippen molar-refractivity contribution in [2.45, 2.75) is 6.92 Å². The van der Waals surface area contributed by atoms with E-state index in [1.807, 2.05) is 26.1 Å². The smallest absolute Gasteiger partial charge is 0.213 e. The largest absolute Gasteiger partial charge is 0.383 e. The van der Waals surface area contributed by atoms with Gasteiger partial charge in [-0.15, -0.1) is 0 Å². The highest BCUT2D eigenvalue weighted by molar-refractivity contribution is 5.52. The molecule has 1 heterocycles. The summed E-state index contributed by atoms with van der Waals surface area (Å²) >= 11 is 0. The summed E-state index contributed by atoms with van der Waals surface area (Å²) in [7, 11) is 1.88. The van der Waals surface area contributed by atoms with E-state index >= 15 is 0 Å². The maximum absolute atomic E-state index is 10.8. The van der Waals surface area contributed by atoms with Crippen molar-refractivity contribution >= 4 is 6.41 Å². The van der Waals surface area contributed by atoms with Gasteiger partial charge >= 0.3 is 0 Å². The Morgan fingerprint density at radius 2 is 2.43 bits per heavy atom. The molecule has 0 spiro atoms. The number of hydrogen-bond donors (Lipinski definition) is 2. The Morgan fingerprint density at radius 1 is 1.64 bits per heavy atom. The second-order valence-corrected chi connectivity index (χ2v) is 3.26. The van der Waals surface area contributed by atoms with Crippen LogP contribution in [0.3, 0.4) is 0 Å². The lowest BCUT2D eigenvalue weighted by Crippen LogP contribution is -2.34. The van der Waals surface area contributed by atoms with Crippen LogP contribution in [0.2, 0.25) is 0 Å². The van der Waals surface area contributed by atoms with E-state index in [1.165, 1.54) is 0 Å². The molecule has 0 saturated heterocycles. The highest BCUT2D eigenvalue weighted by Gasteiger charge is 2.09. The van der Waals surface area contributed by atoms with Gasteiger partial charge in [-0.1, -0.05) is 0 Å². The Bertz CT molecular complexity index is 258. The number of dihydropyridines is 1. The summed E-state index contributed by atoms with van der Waals surface area (Å²) in [5, 5.41) is 6.21. The molecule has 4 nitrogen and oxygen atoms in total. The number of nitrogens with zero attached hydrogens (tertiary/aromatic N) is 1. The van der Waals surface area contributed by atoms with Crippen molar-refractivity contribution in [2.75, 3.05) is 26.7 Å². The first kappa shape index (κ1) is 10.8. The van der Waals surface area contributed by atoms with Gasteiger partial charge in [-0.05, 0) is 26.1 Å². The van der Waals surface area contributed by atoms with Crippen molar-refractivity contribution in [2.24, 2.45) is 0 Å². The lowest BCUT2D eigenvalue weighted by Gasteiger charge is -2.23. The van der Waals surface area contributed by atoms with Crippen LogP contribution in [0.1, 0.15) is 6.92 Å². The summed E-state index contributed by atoms with van der Waals surface area (Å²) in [5.41, 5.74) is 2.15. The standard InChI is InChI=1S/C10H17N3O/c1-9-3-4-10(7-12-9)13(8-14)6-5-11-2/h3-4,8,11-12H,5-7H2,1-2H3. The lowest BCUT2D eigenvalue weighted by molar-refractivity contribution is -0.116. The van der Waals surface area contributed by atoms with Crippen molar-refractivity contribution in [3.05, 3.63) is 23.5 Å². The highest BCUT2D eigenvalue weighted by Crippen LogP contribution is 2.06. The molecule has 0 aromatic rings. The molecule has 2 N–H and O–H groups in total. The van der Waals surface area contributed by atoms with Crippen molar-refractivity contribution in [3.8, 4) is 0 Å². The molecule has 14 heavy (non-hydrogen) atoms. The fourth-order valence-electron chi connectivity index (χ4n) is 1.26. The van der Waals surface area contributed by atoms with Crippen molar-refractivity contribution < 1.29 is 4.79 Å². The van der Waals surface area contributed by atoms with Crippen LogP contribution in [-0.2, 0) is 4.79 Å². The maximum Gasteiger partial charge on any atom is 0.213 e. The van der Waals surface area contributed by atoms with Crippen LogP contribution in [0, 0.1) is 0 Å². The van der Waals surface area contributed by atoms with E-state index in [0.717, 1.165) is 30.9 Å². The molecule has 0 unspecified atom stereocenters. The summed E-state index contributed by atoms with van der Waals surface area (Å²) in [6, 6.07) is 0. The van der Waals surface area contributed by atoms with Gasteiger partial charge in [0.1, 0.15) is 0 Å². The zero-order valence-corrected chi connectivity index (χ0v) is 8.71. The SMILES string of the molecule is CNCCN(C=O)C1=CC=C(C)NC1. The lowest BCUT2D eigenvalue weighted by atomic mass is 10.2. The number of carbonyl (C=O) groups excluding carboxylic acids is 1. The first-order valence-electron chi connectivity index (χ1n) is 4.76. The topological polar surface area (TPSA) is 44.4 Å². The third kappa shape index (κ3) is 2.88. The number of likely N-dealkylation sites (N-methyl/N-ethyl adjacent to an activating group) is 1. The molecular formula is C10H17N3O. The first-order valence-corrected chi connectivity index (χ1v) is 4.76. The molecule has 0 aromatic carbocycles. The second kappa shape index (κ2) is 5.44. The van der Waals surface area contributed by atoms with E-state index in [4.69, 9.17) is 0 Å². The number of allylic oxidation sites excluding steroid dienone is 3. The third-order valence-electron chi connectivity index (χ3n) is 2.17. The molecule has 0 aromatic heterocycles. The number of hydrogen-bond acceptors (Lipinski definition) is 3. The Balaban J connectivity index is 2.56. The molecule has 1 aliphatic rings. The minimum Gasteiger partial charge on any atom is -0.383 e. The molecule has 0 atom stereocenters. The summed E-state index contributed by atoms with van der Waals surface area (Å²) in [4.78, 5) is 12.5. The van der Waals surface area contributed by atoms with E-state index in [9.17, 15) is 4.79 Å². The van der Waals surface area contributed by atoms with Gasteiger partial charge in [0, 0.05) is 24.5 Å². The Morgan fingerprint density at radius 3 is 2.93 bits per heavy atom. The molecule has 0 aliphatic carbocycles. The van der Waals surface area contributed by atoms with Crippen molar-refractivity contribution in [1.82, 2.24) is 15.5 Å². The predicted molar refractivity (Wildman–Crippen MR) is 56.5 cm³/mol. The molecule has 0 bridgehead atoms. The third-order valence-corrected chi connectivity index (χ3v) is 2.17. The molecule has 0 saturated carbocycles. The molecule has 1 amide bonds. The highest BCUT2D eigenvalue weighted by atomic mass is 16.1. The normalized spacial score (nSPS) is 15.3. The number of carbonyl (C=O) groups is 1. The van der Waals surface area contributed by atoms with Gasteiger partial charge in [0.15, 0.2) is 0 Å². The molecule has 78 valence electrons. The van der Waals surface area contributed by atoms with Crippen LogP contribution in [0.4, 0.5) is 0 Å². The summed E-state index contributed by atoms with van der Waals surface area (Å²) in [6.45, 7) is 4.25. The fourth-order valence-corrected chi connectivity index (χ4v) is 1.26. The average Bonchev–Trinajstić information content (AvgIpc) is 2.21. The van der Waals surface area contributed by atoms with Gasteiger partial charge < -0.3 is 15.5 Å². The maximum atomic E-state index is 10.8. The Labute approximate surface area is 84.7 Å². The summed E-state index contributed by atoms with van der Waals surface area (Å²) in [6.07, 6.45) is 4.84. The van der Waals surface area contributed by atoms with Crippen LogP contribution in [-0.4, -0.2) is 38.0 Å². The fraction of sp³-hybridized carbons (Fsp3) is 0.500. The molecule has 1 aliphatic heterocycles. The van der Waals surface area contributed by atoms with Gasteiger partial charge in [-0.25, -0.2) is 0 Å². The van der Waals surface area contributed by atoms with Crippen LogP contribution in [0.5, 0.6) is 0 Å². The van der Waals surface area contributed by atoms with Crippen molar-refractivity contribution in [1.29, 1.82) is 0 Å². The van der Waals surface area contributed by atoms with E-state index < -0.39 is 0 Å². The number of nitrogens with one attached hydrogen (secondary N) is 2. The molecular weight excluding hydrogens is 178 g/mol. The quantitative estimate of drug-likeness (QED) is 0.609. The number of rotatable bonds is 5. The minimum atomic E-state index is 0.709.